The summed E-state index contributed by atoms with van der Waals surface area (Å²) in [5.74, 6) is 0.657. The zero-order valence-electron chi connectivity index (χ0n) is 11.4. The number of hydrogen-bond donors (Lipinski definition) is 0. The second kappa shape index (κ2) is 6.76. The topological polar surface area (TPSA) is 56.3 Å². The van der Waals surface area contributed by atoms with Crippen molar-refractivity contribution in [1.82, 2.24) is 4.98 Å². The molecule has 1 heterocycles. The van der Waals surface area contributed by atoms with Crippen LogP contribution in [0.4, 0.5) is 0 Å². The molecule has 1 fully saturated rings. The summed E-state index contributed by atoms with van der Waals surface area (Å²) in [6.45, 7) is 0.380. The molecule has 1 aromatic rings. The van der Waals surface area contributed by atoms with E-state index in [4.69, 9.17) is 15.4 Å². The third kappa shape index (κ3) is 4.94. The van der Waals surface area contributed by atoms with Crippen LogP contribution in [0.1, 0.15) is 38.5 Å². The van der Waals surface area contributed by atoms with Gasteiger partial charge in [-0.15, -0.1) is 0 Å². The molecule has 0 spiro atoms. The normalized spacial score (nSPS) is 19.2. The van der Waals surface area contributed by atoms with Crippen molar-refractivity contribution in [1.29, 1.82) is 0 Å². The van der Waals surface area contributed by atoms with Crippen LogP contribution in [0.25, 0.3) is 0 Å². The first kappa shape index (κ1) is 15.6. The lowest BCUT2D eigenvalue weighted by molar-refractivity contribution is 0.146. The van der Waals surface area contributed by atoms with Gasteiger partial charge in [-0.05, 0) is 25.0 Å². The van der Waals surface area contributed by atoms with Gasteiger partial charge in [0.1, 0.15) is 5.75 Å². The van der Waals surface area contributed by atoms with Gasteiger partial charge in [0.2, 0.25) is 9.05 Å². The van der Waals surface area contributed by atoms with Gasteiger partial charge in [0, 0.05) is 22.3 Å². The van der Waals surface area contributed by atoms with Crippen molar-refractivity contribution in [3.8, 4) is 5.75 Å². The van der Waals surface area contributed by atoms with Gasteiger partial charge in [-0.25, -0.2) is 8.42 Å². The third-order valence-electron chi connectivity index (χ3n) is 3.82. The summed E-state index contributed by atoms with van der Waals surface area (Å²) in [7, 11) is 1.97. The first-order chi connectivity index (χ1) is 9.49. The highest BCUT2D eigenvalue weighted by Gasteiger charge is 2.36. The molecule has 2 rings (SSSR count). The number of nitrogens with zero attached hydrogens (tertiary/aromatic N) is 1. The largest absolute Gasteiger partial charge is 0.491 e. The molecule has 6 heteroatoms. The molecule has 0 aromatic carbocycles. The number of rotatable bonds is 5. The van der Waals surface area contributed by atoms with Crippen molar-refractivity contribution in [2.75, 3.05) is 12.4 Å². The molecule has 0 bridgehead atoms. The number of aromatic nitrogens is 1. The van der Waals surface area contributed by atoms with Gasteiger partial charge in [0.25, 0.3) is 0 Å². The number of hydrogen-bond acceptors (Lipinski definition) is 4. The van der Waals surface area contributed by atoms with E-state index in [9.17, 15) is 8.42 Å². The molecule has 0 N–H and O–H groups in total. The Morgan fingerprint density at radius 2 is 1.95 bits per heavy atom. The number of pyridine rings is 1. The van der Waals surface area contributed by atoms with Gasteiger partial charge in [-0.3, -0.25) is 4.98 Å². The zero-order valence-corrected chi connectivity index (χ0v) is 13.0. The first-order valence-corrected chi connectivity index (χ1v) is 9.42. The Labute approximate surface area is 124 Å². The van der Waals surface area contributed by atoms with E-state index in [2.05, 4.69) is 4.98 Å². The molecule has 0 amide bonds. The molecule has 0 atom stereocenters. The maximum absolute atomic E-state index is 11.5. The second-order valence-corrected chi connectivity index (χ2v) is 8.35. The van der Waals surface area contributed by atoms with E-state index in [1.165, 1.54) is 0 Å². The molecule has 4 nitrogen and oxygen atoms in total. The van der Waals surface area contributed by atoms with Crippen LogP contribution in [0.5, 0.6) is 5.75 Å². The molecule has 1 saturated carbocycles. The average molecular weight is 318 g/mol. The van der Waals surface area contributed by atoms with E-state index in [0.717, 1.165) is 38.5 Å². The fraction of sp³-hybridized carbons (Fsp3) is 0.643. The van der Waals surface area contributed by atoms with Gasteiger partial charge in [-0.2, -0.15) is 0 Å². The number of halogens is 1. The van der Waals surface area contributed by atoms with E-state index in [1.807, 2.05) is 6.07 Å². The molecular formula is C14H20ClNO3S. The predicted molar refractivity (Wildman–Crippen MR) is 79.5 cm³/mol. The maximum Gasteiger partial charge on any atom is 0.233 e. The van der Waals surface area contributed by atoms with E-state index in [0.29, 0.717) is 12.4 Å². The third-order valence-corrected chi connectivity index (χ3v) is 5.11. The molecule has 1 aliphatic carbocycles. The van der Waals surface area contributed by atoms with E-state index >= 15 is 0 Å². The Morgan fingerprint density at radius 1 is 1.25 bits per heavy atom. The van der Waals surface area contributed by atoms with Crippen LogP contribution in [-0.2, 0) is 9.05 Å². The Kier molecular flexibility index (Phi) is 5.27. The SMILES string of the molecule is O=S(=O)(Cl)CC1(COc2cccnc2)CCCCCC1. The van der Waals surface area contributed by atoms with Crippen LogP contribution in [0.2, 0.25) is 0 Å². The Bertz CT molecular complexity index is 510. The smallest absolute Gasteiger partial charge is 0.233 e. The lowest BCUT2D eigenvalue weighted by Gasteiger charge is -2.31. The van der Waals surface area contributed by atoms with Crippen LogP contribution in [-0.4, -0.2) is 25.8 Å². The lowest BCUT2D eigenvalue weighted by atomic mass is 9.83. The average Bonchev–Trinajstić information content (AvgIpc) is 2.62. The summed E-state index contributed by atoms with van der Waals surface area (Å²) in [5.41, 5.74) is -0.368. The lowest BCUT2D eigenvalue weighted by Crippen LogP contribution is -2.34. The fourth-order valence-electron chi connectivity index (χ4n) is 2.84. The van der Waals surface area contributed by atoms with Gasteiger partial charge in [0.15, 0.2) is 0 Å². The van der Waals surface area contributed by atoms with Crippen LogP contribution in [0.3, 0.4) is 0 Å². The van der Waals surface area contributed by atoms with Crippen molar-refractivity contribution in [2.24, 2.45) is 5.41 Å². The molecule has 0 radical (unpaired) electrons. The molecule has 1 aromatic heterocycles. The fourth-order valence-corrected chi connectivity index (χ4v) is 4.64. The Morgan fingerprint density at radius 3 is 2.50 bits per heavy atom. The maximum atomic E-state index is 11.5. The second-order valence-electron chi connectivity index (χ2n) is 5.57. The summed E-state index contributed by atoms with van der Waals surface area (Å²) in [5, 5.41) is 0. The molecule has 0 aliphatic heterocycles. The van der Waals surface area contributed by atoms with Crippen molar-refractivity contribution in [2.45, 2.75) is 38.5 Å². The van der Waals surface area contributed by atoms with E-state index in [1.54, 1.807) is 18.5 Å². The monoisotopic (exact) mass is 317 g/mol. The molecule has 112 valence electrons. The molecule has 0 unspecified atom stereocenters. The Balaban J connectivity index is 2.09. The molecular weight excluding hydrogens is 298 g/mol. The van der Waals surface area contributed by atoms with Gasteiger partial charge in [-0.1, -0.05) is 25.7 Å². The van der Waals surface area contributed by atoms with Crippen LogP contribution in [0, 0.1) is 5.41 Å². The van der Waals surface area contributed by atoms with Gasteiger partial charge in [0.05, 0.1) is 18.6 Å². The van der Waals surface area contributed by atoms with Crippen LogP contribution in [0.15, 0.2) is 24.5 Å². The minimum Gasteiger partial charge on any atom is -0.491 e. The highest BCUT2D eigenvalue weighted by Crippen LogP contribution is 2.37. The highest BCUT2D eigenvalue weighted by atomic mass is 35.7. The molecule has 20 heavy (non-hydrogen) atoms. The Hall–Kier alpha value is -0.810. The van der Waals surface area contributed by atoms with Crippen LogP contribution < -0.4 is 4.74 Å². The quantitative estimate of drug-likeness (QED) is 0.617. The minimum atomic E-state index is -3.53. The summed E-state index contributed by atoms with van der Waals surface area (Å²) >= 11 is 0. The summed E-state index contributed by atoms with van der Waals surface area (Å²) < 4.78 is 28.8. The van der Waals surface area contributed by atoms with Crippen molar-refractivity contribution in [3.05, 3.63) is 24.5 Å². The standard InChI is InChI=1S/C14H20ClNO3S/c15-20(17,18)12-14(7-3-1-2-4-8-14)11-19-13-6-5-9-16-10-13/h5-6,9-10H,1-4,7-8,11-12H2. The summed E-state index contributed by atoms with van der Waals surface area (Å²) in [6.07, 6.45) is 9.37. The van der Waals surface area contributed by atoms with Crippen LogP contribution >= 0.6 is 10.7 Å². The zero-order chi connectivity index (χ0) is 14.5. The molecule has 0 saturated heterocycles. The predicted octanol–water partition coefficient (Wildman–Crippen LogP) is 3.37. The summed E-state index contributed by atoms with van der Waals surface area (Å²) in [4.78, 5) is 3.99. The van der Waals surface area contributed by atoms with E-state index in [-0.39, 0.29) is 11.2 Å². The van der Waals surface area contributed by atoms with Gasteiger partial charge >= 0.3 is 0 Å². The minimum absolute atomic E-state index is 0.0121. The van der Waals surface area contributed by atoms with Crippen molar-refractivity contribution < 1.29 is 13.2 Å². The van der Waals surface area contributed by atoms with Crippen molar-refractivity contribution >= 4 is 19.7 Å². The van der Waals surface area contributed by atoms with Gasteiger partial charge < -0.3 is 4.74 Å². The first-order valence-electron chi connectivity index (χ1n) is 6.94. The molecule has 1 aliphatic rings. The van der Waals surface area contributed by atoms with Crippen molar-refractivity contribution in [3.63, 3.8) is 0 Å². The highest BCUT2D eigenvalue weighted by molar-refractivity contribution is 8.13. The summed E-state index contributed by atoms with van der Waals surface area (Å²) in [6, 6.07) is 3.62. The number of ether oxygens (including phenoxy) is 1. The van der Waals surface area contributed by atoms with E-state index < -0.39 is 9.05 Å².